The molecule has 4 rings (SSSR count). The molecule has 28 heavy (non-hydrogen) atoms. The molecule has 0 bridgehead atoms. The van der Waals surface area contributed by atoms with Crippen LogP contribution >= 0.6 is 11.3 Å². The molecule has 8 heteroatoms. The Morgan fingerprint density at radius 3 is 2.79 bits per heavy atom. The quantitative estimate of drug-likeness (QED) is 0.524. The molecule has 0 saturated heterocycles. The number of carbonyl (C=O) groups is 1. The van der Waals surface area contributed by atoms with Crippen molar-refractivity contribution in [1.29, 1.82) is 0 Å². The maximum absolute atomic E-state index is 12.1. The first-order valence-electron chi connectivity index (χ1n) is 8.84. The van der Waals surface area contributed by atoms with E-state index in [1.807, 2.05) is 34.3 Å². The Morgan fingerprint density at radius 2 is 2.04 bits per heavy atom. The first kappa shape index (κ1) is 18.0. The number of rotatable bonds is 7. The topological polar surface area (TPSA) is 85.6 Å². The number of nitrogens with zero attached hydrogens (tertiary/aromatic N) is 5. The van der Waals surface area contributed by atoms with E-state index in [0.29, 0.717) is 13.1 Å². The van der Waals surface area contributed by atoms with Gasteiger partial charge in [0.2, 0.25) is 5.91 Å². The molecule has 0 fully saturated rings. The van der Waals surface area contributed by atoms with E-state index >= 15 is 0 Å². The predicted octanol–water partition coefficient (Wildman–Crippen LogP) is 2.82. The molecule has 0 radical (unpaired) electrons. The Bertz CT molecular complexity index is 1030. The molecule has 0 aromatic carbocycles. The summed E-state index contributed by atoms with van der Waals surface area (Å²) in [7, 11) is 0. The summed E-state index contributed by atoms with van der Waals surface area (Å²) in [5.41, 5.74) is 3.43. The number of aromatic nitrogens is 5. The van der Waals surface area contributed by atoms with E-state index in [9.17, 15) is 4.79 Å². The van der Waals surface area contributed by atoms with Crippen LogP contribution in [0.1, 0.15) is 5.69 Å². The van der Waals surface area contributed by atoms with Gasteiger partial charge in [0.15, 0.2) is 0 Å². The van der Waals surface area contributed by atoms with Crippen molar-refractivity contribution in [3.8, 4) is 21.8 Å². The third-order valence-electron chi connectivity index (χ3n) is 4.15. The van der Waals surface area contributed by atoms with E-state index in [4.69, 9.17) is 0 Å². The summed E-state index contributed by atoms with van der Waals surface area (Å²) in [6, 6.07) is 9.61. The number of amides is 1. The molecule has 1 N–H and O–H groups in total. The van der Waals surface area contributed by atoms with E-state index in [1.54, 1.807) is 42.3 Å². The Kier molecular flexibility index (Phi) is 5.48. The lowest BCUT2D eigenvalue weighted by molar-refractivity contribution is -0.120. The number of thiophene rings is 1. The minimum Gasteiger partial charge on any atom is -0.354 e. The molecule has 0 spiro atoms. The van der Waals surface area contributed by atoms with Crippen LogP contribution in [0.4, 0.5) is 0 Å². The van der Waals surface area contributed by atoms with Crippen molar-refractivity contribution >= 4 is 17.2 Å². The fourth-order valence-electron chi connectivity index (χ4n) is 2.88. The third-order valence-corrected chi connectivity index (χ3v) is 5.02. The average molecular weight is 390 g/mol. The summed E-state index contributed by atoms with van der Waals surface area (Å²) in [5.74, 6) is -0.0577. The molecule has 7 nitrogen and oxygen atoms in total. The molecule has 1 amide bonds. The van der Waals surface area contributed by atoms with E-state index < -0.39 is 0 Å². The molecule has 0 aliphatic heterocycles. The number of carbonyl (C=O) groups excluding carboxylic acids is 1. The van der Waals surface area contributed by atoms with Crippen molar-refractivity contribution in [3.63, 3.8) is 0 Å². The zero-order chi connectivity index (χ0) is 19.2. The van der Waals surface area contributed by atoms with Gasteiger partial charge in [0, 0.05) is 36.4 Å². The van der Waals surface area contributed by atoms with Crippen LogP contribution in [0.5, 0.6) is 0 Å². The highest BCUT2D eigenvalue weighted by Gasteiger charge is 2.16. The standard InChI is InChI=1S/C20H18N6OS/c27-19(12-15-4-1-2-6-22-15)24-9-10-26-20(18-5-3-11-28-18)16(13-25-26)17-14-21-7-8-23-17/h1-8,11,13-14H,9-10,12H2,(H,24,27). The molecular formula is C20H18N6OS. The molecule has 0 saturated carbocycles. The summed E-state index contributed by atoms with van der Waals surface area (Å²) >= 11 is 1.64. The summed E-state index contributed by atoms with van der Waals surface area (Å²) < 4.78 is 1.90. The average Bonchev–Trinajstić information content (AvgIpc) is 3.39. The van der Waals surface area contributed by atoms with E-state index in [2.05, 4.69) is 31.4 Å². The Labute approximate surface area is 166 Å². The maximum atomic E-state index is 12.1. The molecule has 4 aromatic rings. The molecule has 4 aromatic heterocycles. The van der Waals surface area contributed by atoms with Crippen LogP contribution in [0.15, 0.2) is 66.7 Å². The third kappa shape index (κ3) is 4.12. The molecule has 0 atom stereocenters. The van der Waals surface area contributed by atoms with Crippen LogP contribution in [-0.4, -0.2) is 37.2 Å². The summed E-state index contributed by atoms with van der Waals surface area (Å²) in [5, 5.41) is 9.49. The van der Waals surface area contributed by atoms with Gasteiger partial charge in [-0.1, -0.05) is 12.1 Å². The highest BCUT2D eigenvalue weighted by molar-refractivity contribution is 7.13. The molecule has 140 valence electrons. The van der Waals surface area contributed by atoms with Gasteiger partial charge < -0.3 is 5.32 Å². The lowest BCUT2D eigenvalue weighted by Gasteiger charge is -2.09. The Morgan fingerprint density at radius 1 is 1.07 bits per heavy atom. The van der Waals surface area contributed by atoms with Gasteiger partial charge in [0.25, 0.3) is 0 Å². The Balaban J connectivity index is 1.47. The van der Waals surface area contributed by atoms with Gasteiger partial charge in [-0.2, -0.15) is 5.10 Å². The normalized spacial score (nSPS) is 10.7. The highest BCUT2D eigenvalue weighted by Crippen LogP contribution is 2.33. The highest BCUT2D eigenvalue weighted by atomic mass is 32.1. The second-order valence-electron chi connectivity index (χ2n) is 6.05. The van der Waals surface area contributed by atoms with Gasteiger partial charge in [-0.15, -0.1) is 11.3 Å². The van der Waals surface area contributed by atoms with Crippen molar-refractivity contribution in [2.45, 2.75) is 13.0 Å². The lowest BCUT2D eigenvalue weighted by atomic mass is 10.1. The van der Waals surface area contributed by atoms with Crippen LogP contribution < -0.4 is 5.32 Å². The number of pyridine rings is 1. The van der Waals surface area contributed by atoms with Crippen molar-refractivity contribution in [2.24, 2.45) is 0 Å². The van der Waals surface area contributed by atoms with Crippen LogP contribution in [0.25, 0.3) is 21.8 Å². The van der Waals surface area contributed by atoms with Crippen molar-refractivity contribution in [3.05, 3.63) is 72.4 Å². The SMILES string of the molecule is O=C(Cc1ccccn1)NCCn1ncc(-c2cnccn2)c1-c1cccs1. The van der Waals surface area contributed by atoms with Crippen LogP contribution in [0, 0.1) is 0 Å². The van der Waals surface area contributed by atoms with Crippen LogP contribution in [0.3, 0.4) is 0 Å². The molecule has 0 aliphatic carbocycles. The first-order valence-corrected chi connectivity index (χ1v) is 9.72. The van der Waals surface area contributed by atoms with Gasteiger partial charge in [-0.25, -0.2) is 0 Å². The summed E-state index contributed by atoms with van der Waals surface area (Å²) in [4.78, 5) is 26.0. The van der Waals surface area contributed by atoms with Crippen LogP contribution in [0.2, 0.25) is 0 Å². The van der Waals surface area contributed by atoms with Crippen molar-refractivity contribution in [2.75, 3.05) is 6.54 Å². The molecule has 4 heterocycles. The molecule has 0 aliphatic rings. The van der Waals surface area contributed by atoms with E-state index in [1.165, 1.54) is 0 Å². The minimum atomic E-state index is -0.0577. The number of hydrogen-bond donors (Lipinski definition) is 1. The molecule has 0 unspecified atom stereocenters. The predicted molar refractivity (Wildman–Crippen MR) is 108 cm³/mol. The zero-order valence-electron chi connectivity index (χ0n) is 15.0. The maximum Gasteiger partial charge on any atom is 0.226 e. The van der Waals surface area contributed by atoms with Gasteiger partial charge >= 0.3 is 0 Å². The van der Waals surface area contributed by atoms with Crippen LogP contribution in [-0.2, 0) is 17.8 Å². The number of hydrogen-bond acceptors (Lipinski definition) is 6. The van der Waals surface area contributed by atoms with E-state index in [0.717, 1.165) is 27.5 Å². The Hall–Kier alpha value is -3.39. The fraction of sp³-hybridized carbons (Fsp3) is 0.150. The van der Waals surface area contributed by atoms with Gasteiger partial charge in [-0.3, -0.25) is 24.4 Å². The van der Waals surface area contributed by atoms with E-state index in [-0.39, 0.29) is 12.3 Å². The lowest BCUT2D eigenvalue weighted by Crippen LogP contribution is -2.29. The summed E-state index contributed by atoms with van der Waals surface area (Å²) in [6.07, 6.45) is 8.80. The zero-order valence-corrected chi connectivity index (χ0v) is 15.8. The number of nitrogens with one attached hydrogen (secondary N) is 1. The largest absolute Gasteiger partial charge is 0.354 e. The monoisotopic (exact) mass is 390 g/mol. The smallest absolute Gasteiger partial charge is 0.226 e. The van der Waals surface area contributed by atoms with Gasteiger partial charge in [0.1, 0.15) is 0 Å². The van der Waals surface area contributed by atoms with Gasteiger partial charge in [-0.05, 0) is 23.6 Å². The second kappa shape index (κ2) is 8.53. The first-order chi connectivity index (χ1) is 13.8. The van der Waals surface area contributed by atoms with Crippen molar-refractivity contribution in [1.82, 2.24) is 30.0 Å². The fourth-order valence-corrected chi connectivity index (χ4v) is 3.67. The van der Waals surface area contributed by atoms with Crippen molar-refractivity contribution < 1.29 is 4.79 Å². The summed E-state index contributed by atoms with van der Waals surface area (Å²) in [6.45, 7) is 1.03. The minimum absolute atomic E-state index is 0.0577. The van der Waals surface area contributed by atoms with Gasteiger partial charge in [0.05, 0.1) is 41.6 Å². The second-order valence-corrected chi connectivity index (χ2v) is 6.99. The molecular weight excluding hydrogens is 372 g/mol.